The maximum atomic E-state index is 12.7. The Hall–Kier alpha value is -1.89. The topological polar surface area (TPSA) is 197 Å². The summed E-state index contributed by atoms with van der Waals surface area (Å²) in [7, 11) is -3.04. The van der Waals surface area contributed by atoms with Crippen molar-refractivity contribution in [1.29, 1.82) is 0 Å². The van der Waals surface area contributed by atoms with E-state index in [9.17, 15) is 33.5 Å². The molecule has 0 aliphatic carbocycles. The van der Waals surface area contributed by atoms with Gasteiger partial charge in [0.05, 0.1) is 25.0 Å². The number of likely N-dealkylation sites (N-methyl/N-ethyl adjacent to an activating group) is 1. The molecular weight excluding hydrogens is 469 g/mol. The minimum atomic E-state index is -4.46. The zero-order valence-electron chi connectivity index (χ0n) is 20.1. The minimum Gasteiger partial charge on any atom is -0.481 e. The predicted molar refractivity (Wildman–Crippen MR) is 124 cm³/mol. The molecule has 1 fully saturated rings. The first-order valence-electron chi connectivity index (χ1n) is 11.3. The monoisotopic (exact) mass is 507 g/mol. The van der Waals surface area contributed by atoms with E-state index in [4.69, 9.17) is 5.11 Å². The van der Waals surface area contributed by atoms with Crippen molar-refractivity contribution < 1.29 is 38.6 Å². The molecule has 34 heavy (non-hydrogen) atoms. The molecule has 1 aliphatic rings. The number of nitrogens with zero attached hydrogens (tertiary/aromatic N) is 1. The van der Waals surface area contributed by atoms with Crippen LogP contribution in [0.2, 0.25) is 0 Å². The van der Waals surface area contributed by atoms with Crippen LogP contribution in [0.1, 0.15) is 46.5 Å². The number of carboxylic acids is 1. The van der Waals surface area contributed by atoms with Crippen molar-refractivity contribution in [2.45, 2.75) is 70.4 Å². The normalized spacial score (nSPS) is 19.4. The summed E-state index contributed by atoms with van der Waals surface area (Å²) in [4.78, 5) is 68.8. The standard InChI is InChI=1S/C20H38N5O8P/c1-5-17(34(31,32)33)23-14(8-12(2)3)20(30)24-16(26)11-25-7-6-13(10-25)22-15(9-18(27)28)19(29)21-4/h12-15,17,22-23H,5-11H2,1-4H3,(H,21,29)(H,27,28)(H,24,26,30)(H2,31,32,33)/t13?,14-,15-,17+/m0/s1. The van der Waals surface area contributed by atoms with Gasteiger partial charge in [0.25, 0.3) is 0 Å². The molecule has 3 amide bonds. The van der Waals surface area contributed by atoms with Crippen LogP contribution >= 0.6 is 7.60 Å². The van der Waals surface area contributed by atoms with Crippen LogP contribution in [0.3, 0.4) is 0 Å². The lowest BCUT2D eigenvalue weighted by Crippen LogP contribution is -2.52. The van der Waals surface area contributed by atoms with E-state index in [1.165, 1.54) is 7.05 Å². The Labute approximate surface area is 199 Å². The number of carboxylic acid groups (broad SMARTS) is 1. The highest BCUT2D eigenvalue weighted by Gasteiger charge is 2.33. The first-order chi connectivity index (χ1) is 15.8. The van der Waals surface area contributed by atoms with Crippen molar-refractivity contribution >= 4 is 31.3 Å². The molecule has 1 aliphatic heterocycles. The van der Waals surface area contributed by atoms with E-state index in [0.717, 1.165) is 0 Å². The highest BCUT2D eigenvalue weighted by atomic mass is 31.2. The lowest BCUT2D eigenvalue weighted by molar-refractivity contribution is -0.140. The van der Waals surface area contributed by atoms with Crippen LogP contribution in [0.5, 0.6) is 0 Å². The van der Waals surface area contributed by atoms with Crippen LogP contribution < -0.4 is 21.3 Å². The summed E-state index contributed by atoms with van der Waals surface area (Å²) >= 11 is 0. The van der Waals surface area contributed by atoms with Crippen LogP contribution in [-0.4, -0.2) is 94.1 Å². The molecule has 1 heterocycles. The fourth-order valence-corrected chi connectivity index (χ4v) is 4.70. The van der Waals surface area contributed by atoms with Crippen molar-refractivity contribution in [2.75, 3.05) is 26.7 Å². The molecule has 0 bridgehead atoms. The Bertz CT molecular complexity index is 774. The van der Waals surface area contributed by atoms with E-state index in [1.54, 1.807) is 11.8 Å². The zero-order valence-corrected chi connectivity index (χ0v) is 21.0. The Balaban J connectivity index is 2.66. The third-order valence-corrected chi connectivity index (χ3v) is 6.82. The van der Waals surface area contributed by atoms with Gasteiger partial charge in [0, 0.05) is 26.2 Å². The largest absolute Gasteiger partial charge is 0.481 e. The van der Waals surface area contributed by atoms with Crippen LogP contribution in [0.25, 0.3) is 0 Å². The molecule has 0 radical (unpaired) electrons. The molecule has 4 atom stereocenters. The SMILES string of the molecule is CC[C@H](N[C@@H](CC(C)C)C(=O)NC(=O)CN1CCC(N[C@@H](CC(=O)O)C(=O)NC)C1)P(=O)(O)O. The van der Waals surface area contributed by atoms with E-state index in [0.29, 0.717) is 19.5 Å². The fraction of sp³-hybridized carbons (Fsp3) is 0.800. The Morgan fingerprint density at radius 2 is 1.76 bits per heavy atom. The summed E-state index contributed by atoms with van der Waals surface area (Å²) < 4.78 is 11.6. The van der Waals surface area contributed by atoms with Gasteiger partial charge in [-0.25, -0.2) is 0 Å². The summed E-state index contributed by atoms with van der Waals surface area (Å²) in [6, 6.07) is -2.04. The number of carbonyl (C=O) groups is 4. The molecule has 0 spiro atoms. The first kappa shape index (κ1) is 30.1. The number of hydrogen-bond donors (Lipinski definition) is 7. The smallest absolute Gasteiger partial charge is 0.342 e. The number of rotatable bonds is 14. The quantitative estimate of drug-likeness (QED) is 0.139. The van der Waals surface area contributed by atoms with Gasteiger partial charge < -0.3 is 25.5 Å². The number of nitrogens with one attached hydrogen (secondary N) is 4. The van der Waals surface area contributed by atoms with Gasteiger partial charge in [0.15, 0.2) is 0 Å². The number of hydrogen-bond acceptors (Lipinski definition) is 8. The van der Waals surface area contributed by atoms with Crippen LogP contribution in [0, 0.1) is 5.92 Å². The fourth-order valence-electron chi connectivity index (χ4n) is 3.85. The predicted octanol–water partition coefficient (Wildman–Crippen LogP) is -1.20. The molecule has 1 saturated heterocycles. The summed E-state index contributed by atoms with van der Waals surface area (Å²) in [5.41, 5.74) is 0. The van der Waals surface area contributed by atoms with Crippen LogP contribution in [0.4, 0.5) is 0 Å². The van der Waals surface area contributed by atoms with Crippen molar-refractivity contribution in [3.63, 3.8) is 0 Å². The third-order valence-electron chi connectivity index (χ3n) is 5.49. The van der Waals surface area contributed by atoms with Crippen molar-refractivity contribution in [3.8, 4) is 0 Å². The summed E-state index contributed by atoms with van der Waals surface area (Å²) in [5.74, 6) is -3.91. The second-order valence-corrected chi connectivity index (χ2v) is 10.7. The number of imide groups is 1. The van der Waals surface area contributed by atoms with E-state index >= 15 is 0 Å². The highest BCUT2D eigenvalue weighted by molar-refractivity contribution is 7.52. The molecule has 1 rings (SSSR count). The molecule has 14 heteroatoms. The summed E-state index contributed by atoms with van der Waals surface area (Å²) in [6.07, 6.45) is 0.617. The number of carbonyl (C=O) groups excluding carboxylic acids is 3. The lowest BCUT2D eigenvalue weighted by atomic mass is 10.0. The molecule has 7 N–H and O–H groups in total. The molecule has 0 aromatic carbocycles. The van der Waals surface area contributed by atoms with Crippen molar-refractivity contribution in [2.24, 2.45) is 5.92 Å². The Morgan fingerprint density at radius 3 is 2.26 bits per heavy atom. The minimum absolute atomic E-state index is 0.0390. The van der Waals surface area contributed by atoms with Gasteiger partial charge in [-0.3, -0.25) is 39.3 Å². The molecule has 1 unspecified atom stereocenters. The van der Waals surface area contributed by atoms with E-state index in [2.05, 4.69) is 21.3 Å². The highest BCUT2D eigenvalue weighted by Crippen LogP contribution is 2.41. The van der Waals surface area contributed by atoms with Gasteiger partial charge in [-0.1, -0.05) is 20.8 Å². The Kier molecular flexibility index (Phi) is 12.3. The van der Waals surface area contributed by atoms with Crippen LogP contribution in [0.15, 0.2) is 0 Å². The van der Waals surface area contributed by atoms with E-state index in [1.807, 2.05) is 13.8 Å². The first-order valence-corrected chi connectivity index (χ1v) is 13.0. The average molecular weight is 508 g/mol. The maximum absolute atomic E-state index is 12.7. The second-order valence-electron chi connectivity index (χ2n) is 8.93. The van der Waals surface area contributed by atoms with Gasteiger partial charge in [-0.05, 0) is 25.2 Å². The molecule has 0 aromatic rings. The van der Waals surface area contributed by atoms with Crippen molar-refractivity contribution in [3.05, 3.63) is 0 Å². The summed E-state index contributed by atoms with van der Waals surface area (Å²) in [6.45, 7) is 6.12. The van der Waals surface area contributed by atoms with Gasteiger partial charge in [-0.2, -0.15) is 0 Å². The van der Waals surface area contributed by atoms with E-state index in [-0.39, 0.29) is 37.8 Å². The molecule has 0 saturated carbocycles. The van der Waals surface area contributed by atoms with Gasteiger partial charge in [-0.15, -0.1) is 0 Å². The van der Waals surface area contributed by atoms with Crippen LogP contribution in [-0.2, 0) is 23.7 Å². The molecular formula is C20H38N5O8P. The Morgan fingerprint density at radius 1 is 1.12 bits per heavy atom. The van der Waals surface area contributed by atoms with Gasteiger partial charge in [0.1, 0.15) is 5.78 Å². The average Bonchev–Trinajstić information content (AvgIpc) is 3.14. The summed E-state index contributed by atoms with van der Waals surface area (Å²) in [5, 5.41) is 19.4. The molecule has 196 valence electrons. The maximum Gasteiger partial charge on any atom is 0.342 e. The third kappa shape index (κ3) is 10.6. The van der Waals surface area contributed by atoms with Gasteiger partial charge in [0.2, 0.25) is 17.7 Å². The van der Waals surface area contributed by atoms with Gasteiger partial charge >= 0.3 is 13.6 Å². The number of likely N-dealkylation sites (tertiary alicyclic amines) is 1. The van der Waals surface area contributed by atoms with Crippen molar-refractivity contribution in [1.82, 2.24) is 26.2 Å². The van der Waals surface area contributed by atoms with E-state index < -0.39 is 49.2 Å². The molecule has 0 aromatic heterocycles. The molecule has 13 nitrogen and oxygen atoms in total. The second kappa shape index (κ2) is 13.9. The zero-order chi connectivity index (χ0) is 26.1. The lowest BCUT2D eigenvalue weighted by Gasteiger charge is -2.26. The number of amides is 3. The number of aliphatic carboxylic acids is 1.